The van der Waals surface area contributed by atoms with Crippen molar-refractivity contribution in [2.75, 3.05) is 0 Å². The fourth-order valence-electron chi connectivity index (χ4n) is 1.70. The van der Waals surface area contributed by atoms with Gasteiger partial charge in [0.2, 0.25) is 0 Å². The minimum atomic E-state index is -0.867. The van der Waals surface area contributed by atoms with Crippen LogP contribution >= 0.6 is 11.3 Å². The summed E-state index contributed by atoms with van der Waals surface area (Å²) in [7, 11) is 0. The molecule has 2 N–H and O–H groups in total. The molecule has 0 radical (unpaired) electrons. The van der Waals surface area contributed by atoms with Gasteiger partial charge in [0.15, 0.2) is 0 Å². The summed E-state index contributed by atoms with van der Waals surface area (Å²) in [6, 6.07) is 5.60. The van der Waals surface area contributed by atoms with E-state index in [0.717, 1.165) is 16.2 Å². The van der Waals surface area contributed by atoms with E-state index >= 15 is 0 Å². The highest BCUT2D eigenvalue weighted by Gasteiger charge is 2.13. The summed E-state index contributed by atoms with van der Waals surface area (Å²) in [5, 5.41) is 12.2. The van der Waals surface area contributed by atoms with E-state index < -0.39 is 5.97 Å². The average Bonchev–Trinajstić information content (AvgIpc) is 2.95. The van der Waals surface area contributed by atoms with E-state index in [-0.39, 0.29) is 6.04 Å². The molecular weight excluding hydrogens is 250 g/mol. The van der Waals surface area contributed by atoms with E-state index in [1.807, 2.05) is 26.0 Å². The number of aromatic carboxylic acids is 1. The van der Waals surface area contributed by atoms with E-state index in [1.165, 1.54) is 11.3 Å². The molecule has 5 heteroatoms. The third-order valence-electron chi connectivity index (χ3n) is 2.80. The van der Waals surface area contributed by atoms with E-state index in [0.29, 0.717) is 11.4 Å². The maximum atomic E-state index is 10.9. The van der Waals surface area contributed by atoms with Crippen LogP contribution in [0.15, 0.2) is 28.9 Å². The van der Waals surface area contributed by atoms with E-state index in [4.69, 9.17) is 9.52 Å². The Morgan fingerprint density at radius 2 is 2.39 bits per heavy atom. The van der Waals surface area contributed by atoms with Gasteiger partial charge in [-0.25, -0.2) is 4.79 Å². The topological polar surface area (TPSA) is 62.5 Å². The number of carbonyl (C=O) groups is 1. The summed E-state index contributed by atoms with van der Waals surface area (Å²) >= 11 is 1.31. The normalized spacial score (nSPS) is 12.6. The first kappa shape index (κ1) is 12.9. The highest BCUT2D eigenvalue weighted by Crippen LogP contribution is 2.22. The van der Waals surface area contributed by atoms with Gasteiger partial charge in [0.05, 0.1) is 12.3 Å². The molecule has 0 saturated heterocycles. The van der Waals surface area contributed by atoms with Crippen LogP contribution in [0.25, 0.3) is 0 Å². The quantitative estimate of drug-likeness (QED) is 0.871. The van der Waals surface area contributed by atoms with Crippen LogP contribution in [-0.4, -0.2) is 11.1 Å². The molecule has 0 spiro atoms. The molecule has 0 aliphatic carbocycles. The standard InChI is InChI=1S/C13H15NO3S/c1-8(11-4-3-5-17-11)14-7-10-6-12(13(15)16)18-9(10)2/h3-6,8,14H,7H2,1-2H3,(H,15,16)/t8-/m1/s1. The molecule has 1 atom stereocenters. The Bertz CT molecular complexity index is 530. The van der Waals surface area contributed by atoms with Gasteiger partial charge in [-0.15, -0.1) is 11.3 Å². The zero-order chi connectivity index (χ0) is 13.1. The molecule has 0 fully saturated rings. The van der Waals surface area contributed by atoms with Gasteiger partial charge in [-0.3, -0.25) is 0 Å². The first-order valence-corrected chi connectivity index (χ1v) is 6.49. The molecule has 2 heterocycles. The van der Waals surface area contributed by atoms with Crippen LogP contribution in [0.2, 0.25) is 0 Å². The minimum Gasteiger partial charge on any atom is -0.477 e. The Balaban J connectivity index is 2.00. The molecule has 0 aromatic carbocycles. The van der Waals surface area contributed by atoms with Crippen LogP contribution in [-0.2, 0) is 6.54 Å². The molecular formula is C13H15NO3S. The lowest BCUT2D eigenvalue weighted by molar-refractivity contribution is 0.0702. The number of nitrogens with one attached hydrogen (secondary N) is 1. The predicted molar refractivity (Wildman–Crippen MR) is 70.0 cm³/mol. The van der Waals surface area contributed by atoms with Gasteiger partial charge in [-0.1, -0.05) is 0 Å². The largest absolute Gasteiger partial charge is 0.477 e. The third kappa shape index (κ3) is 2.80. The Kier molecular flexibility index (Phi) is 3.84. The summed E-state index contributed by atoms with van der Waals surface area (Å²) in [6.07, 6.45) is 1.64. The third-order valence-corrected chi connectivity index (χ3v) is 3.88. The first-order chi connectivity index (χ1) is 8.58. The van der Waals surface area contributed by atoms with Crippen molar-refractivity contribution in [3.63, 3.8) is 0 Å². The van der Waals surface area contributed by atoms with Crippen molar-refractivity contribution < 1.29 is 14.3 Å². The molecule has 2 aromatic rings. The Morgan fingerprint density at radius 3 is 2.94 bits per heavy atom. The lowest BCUT2D eigenvalue weighted by Crippen LogP contribution is -2.17. The second kappa shape index (κ2) is 5.37. The zero-order valence-corrected chi connectivity index (χ0v) is 11.1. The van der Waals surface area contributed by atoms with Crippen LogP contribution in [0.5, 0.6) is 0 Å². The smallest absolute Gasteiger partial charge is 0.345 e. The molecule has 0 amide bonds. The number of aryl methyl sites for hydroxylation is 1. The van der Waals surface area contributed by atoms with Crippen molar-refractivity contribution in [2.24, 2.45) is 0 Å². The average molecular weight is 265 g/mol. The van der Waals surface area contributed by atoms with Crippen molar-refractivity contribution in [1.82, 2.24) is 5.32 Å². The predicted octanol–water partition coefficient (Wildman–Crippen LogP) is 3.20. The highest BCUT2D eigenvalue weighted by molar-refractivity contribution is 7.14. The Hall–Kier alpha value is -1.59. The van der Waals surface area contributed by atoms with Gasteiger partial charge in [-0.05, 0) is 37.6 Å². The van der Waals surface area contributed by atoms with Crippen LogP contribution < -0.4 is 5.32 Å². The van der Waals surface area contributed by atoms with Crippen LogP contribution in [0.1, 0.15) is 38.8 Å². The molecule has 0 bridgehead atoms. The molecule has 4 nitrogen and oxygen atoms in total. The fourth-order valence-corrected chi connectivity index (χ4v) is 2.58. The lowest BCUT2D eigenvalue weighted by atomic mass is 10.2. The second-order valence-corrected chi connectivity index (χ2v) is 5.37. The lowest BCUT2D eigenvalue weighted by Gasteiger charge is -2.10. The SMILES string of the molecule is Cc1sc(C(=O)O)cc1CN[C@H](C)c1ccco1. The maximum absolute atomic E-state index is 10.9. The number of carboxylic acids is 1. The number of hydrogen-bond acceptors (Lipinski definition) is 4. The summed E-state index contributed by atoms with van der Waals surface area (Å²) < 4.78 is 5.30. The van der Waals surface area contributed by atoms with Crippen molar-refractivity contribution in [1.29, 1.82) is 0 Å². The summed E-state index contributed by atoms with van der Waals surface area (Å²) in [6.45, 7) is 4.59. The number of rotatable bonds is 5. The van der Waals surface area contributed by atoms with Crippen LogP contribution in [0, 0.1) is 6.92 Å². The van der Waals surface area contributed by atoms with Crippen molar-refractivity contribution in [3.05, 3.63) is 45.5 Å². The van der Waals surface area contributed by atoms with Crippen molar-refractivity contribution in [3.8, 4) is 0 Å². The van der Waals surface area contributed by atoms with Gasteiger partial charge in [0, 0.05) is 11.4 Å². The Labute approximate surface area is 109 Å². The van der Waals surface area contributed by atoms with E-state index in [9.17, 15) is 4.79 Å². The number of furan rings is 1. The van der Waals surface area contributed by atoms with E-state index in [2.05, 4.69) is 5.32 Å². The molecule has 0 saturated carbocycles. The van der Waals surface area contributed by atoms with Gasteiger partial charge in [0.1, 0.15) is 10.6 Å². The summed E-state index contributed by atoms with van der Waals surface area (Å²) in [5.74, 6) is 0.00905. The number of thiophene rings is 1. The molecule has 0 aliphatic rings. The molecule has 0 aliphatic heterocycles. The van der Waals surface area contributed by atoms with Crippen molar-refractivity contribution in [2.45, 2.75) is 26.4 Å². The van der Waals surface area contributed by atoms with Crippen molar-refractivity contribution >= 4 is 17.3 Å². The fraction of sp³-hybridized carbons (Fsp3) is 0.308. The van der Waals surface area contributed by atoms with Gasteiger partial charge >= 0.3 is 5.97 Å². The van der Waals surface area contributed by atoms with Crippen LogP contribution in [0.3, 0.4) is 0 Å². The zero-order valence-electron chi connectivity index (χ0n) is 10.3. The van der Waals surface area contributed by atoms with E-state index in [1.54, 1.807) is 12.3 Å². The highest BCUT2D eigenvalue weighted by atomic mass is 32.1. The molecule has 18 heavy (non-hydrogen) atoms. The first-order valence-electron chi connectivity index (χ1n) is 5.67. The minimum absolute atomic E-state index is 0.104. The molecule has 0 unspecified atom stereocenters. The number of hydrogen-bond donors (Lipinski definition) is 2. The van der Waals surface area contributed by atoms with Crippen LogP contribution in [0.4, 0.5) is 0 Å². The molecule has 2 rings (SSSR count). The monoisotopic (exact) mass is 265 g/mol. The number of carboxylic acid groups (broad SMARTS) is 1. The van der Waals surface area contributed by atoms with Gasteiger partial charge in [0.25, 0.3) is 0 Å². The second-order valence-electron chi connectivity index (χ2n) is 4.12. The molecule has 2 aromatic heterocycles. The van der Waals surface area contributed by atoms with Gasteiger partial charge < -0.3 is 14.8 Å². The summed E-state index contributed by atoms with van der Waals surface area (Å²) in [4.78, 5) is 12.3. The maximum Gasteiger partial charge on any atom is 0.345 e. The Morgan fingerprint density at radius 1 is 1.61 bits per heavy atom. The van der Waals surface area contributed by atoms with Gasteiger partial charge in [-0.2, -0.15) is 0 Å². The summed E-state index contributed by atoms with van der Waals surface area (Å²) in [5.41, 5.74) is 1.02. The molecule has 96 valence electrons.